The maximum atomic E-state index is 10.8. The van der Waals surface area contributed by atoms with Gasteiger partial charge >= 0.3 is 6.03 Å². The van der Waals surface area contributed by atoms with E-state index in [9.17, 15) is 4.79 Å². The molecule has 5 heteroatoms. The second kappa shape index (κ2) is 4.11. The molecule has 0 spiro atoms. The molecule has 0 aromatic heterocycles. The fraction of sp³-hybridized carbons (Fsp3) is 0.125. The van der Waals surface area contributed by atoms with Crippen molar-refractivity contribution in [3.8, 4) is 0 Å². The molecular weight excluding hydrogens is 190 g/mol. The van der Waals surface area contributed by atoms with Crippen molar-refractivity contribution < 1.29 is 4.79 Å². The molecule has 2 amide bonds. The Balaban J connectivity index is 2.79. The Bertz CT molecular complexity index is 327. The van der Waals surface area contributed by atoms with Crippen LogP contribution in [0.5, 0.6) is 0 Å². The number of hydrazine groups is 1. The molecule has 0 heterocycles. The van der Waals surface area contributed by atoms with Gasteiger partial charge in [0, 0.05) is 10.7 Å². The van der Waals surface area contributed by atoms with Crippen LogP contribution in [-0.4, -0.2) is 6.03 Å². The lowest BCUT2D eigenvalue weighted by Crippen LogP contribution is -2.34. The first kappa shape index (κ1) is 9.83. The van der Waals surface area contributed by atoms with Crippen LogP contribution in [0.25, 0.3) is 0 Å². The zero-order valence-corrected chi connectivity index (χ0v) is 7.85. The predicted molar refractivity (Wildman–Crippen MR) is 52.5 cm³/mol. The Morgan fingerprint density at radius 2 is 2.23 bits per heavy atom. The average Bonchev–Trinajstić information content (AvgIpc) is 2.11. The van der Waals surface area contributed by atoms with E-state index in [1.165, 1.54) is 0 Å². The highest BCUT2D eigenvalue weighted by molar-refractivity contribution is 6.31. The zero-order chi connectivity index (χ0) is 9.84. The molecule has 0 saturated heterocycles. The number of carbonyl (C=O) groups excluding carboxylic acids is 1. The summed E-state index contributed by atoms with van der Waals surface area (Å²) in [4.78, 5) is 10.8. The second-order valence-corrected chi connectivity index (χ2v) is 2.97. The van der Waals surface area contributed by atoms with Crippen molar-refractivity contribution in [3.63, 3.8) is 0 Å². The summed E-state index contributed by atoms with van der Waals surface area (Å²) in [5, 5.41) is 3.11. The van der Waals surface area contributed by atoms with Crippen molar-refractivity contribution in [2.75, 3.05) is 5.32 Å². The van der Waals surface area contributed by atoms with E-state index in [2.05, 4.69) is 5.32 Å². The van der Waals surface area contributed by atoms with Crippen molar-refractivity contribution in [3.05, 3.63) is 28.8 Å². The second-order valence-electron chi connectivity index (χ2n) is 2.56. The fourth-order valence-corrected chi connectivity index (χ4v) is 1.02. The van der Waals surface area contributed by atoms with Gasteiger partial charge in [-0.1, -0.05) is 17.7 Å². The number of nitrogens with two attached hydrogens (primary N) is 1. The molecule has 0 atom stereocenters. The average molecular weight is 200 g/mol. The Morgan fingerprint density at radius 3 is 2.77 bits per heavy atom. The third-order valence-corrected chi connectivity index (χ3v) is 1.97. The van der Waals surface area contributed by atoms with Gasteiger partial charge in [0.15, 0.2) is 0 Å². The zero-order valence-electron chi connectivity index (χ0n) is 7.10. The van der Waals surface area contributed by atoms with Gasteiger partial charge in [-0.05, 0) is 24.6 Å². The highest BCUT2D eigenvalue weighted by atomic mass is 35.5. The van der Waals surface area contributed by atoms with Crippen LogP contribution in [0.3, 0.4) is 0 Å². The van der Waals surface area contributed by atoms with Crippen LogP contribution in [0.15, 0.2) is 18.2 Å². The van der Waals surface area contributed by atoms with Crippen molar-refractivity contribution in [1.29, 1.82) is 0 Å². The van der Waals surface area contributed by atoms with Crippen LogP contribution >= 0.6 is 11.6 Å². The Hall–Kier alpha value is -1.26. The van der Waals surface area contributed by atoms with E-state index in [4.69, 9.17) is 17.4 Å². The highest BCUT2D eigenvalue weighted by Crippen LogP contribution is 2.19. The first-order valence-corrected chi connectivity index (χ1v) is 4.05. The summed E-state index contributed by atoms with van der Waals surface area (Å²) in [6, 6.07) is 4.75. The maximum absolute atomic E-state index is 10.8. The Kier molecular flexibility index (Phi) is 3.11. The van der Waals surface area contributed by atoms with Gasteiger partial charge in [-0.3, -0.25) is 5.43 Å². The summed E-state index contributed by atoms with van der Waals surface area (Å²) in [6.45, 7) is 1.88. The molecule has 0 saturated carbocycles. The quantitative estimate of drug-likeness (QED) is 0.366. The van der Waals surface area contributed by atoms with E-state index < -0.39 is 6.03 Å². The maximum Gasteiger partial charge on any atom is 0.333 e. The number of urea groups is 1. The first-order valence-electron chi connectivity index (χ1n) is 3.67. The van der Waals surface area contributed by atoms with E-state index in [0.29, 0.717) is 10.7 Å². The summed E-state index contributed by atoms with van der Waals surface area (Å²) >= 11 is 5.84. The van der Waals surface area contributed by atoms with Gasteiger partial charge in [0.2, 0.25) is 0 Å². The normalized spacial score (nSPS) is 9.46. The van der Waals surface area contributed by atoms with Crippen molar-refractivity contribution in [2.45, 2.75) is 6.92 Å². The molecule has 13 heavy (non-hydrogen) atoms. The van der Waals surface area contributed by atoms with E-state index in [1.54, 1.807) is 12.1 Å². The van der Waals surface area contributed by atoms with Gasteiger partial charge in [-0.25, -0.2) is 10.6 Å². The molecular formula is C8H10ClN3O. The lowest BCUT2D eigenvalue weighted by molar-refractivity contribution is 0.252. The number of carbonyl (C=O) groups is 1. The molecule has 1 aromatic carbocycles. The minimum atomic E-state index is -0.472. The number of halogens is 1. The lowest BCUT2D eigenvalue weighted by Gasteiger charge is -2.05. The van der Waals surface area contributed by atoms with Crippen LogP contribution in [0, 0.1) is 6.92 Å². The summed E-state index contributed by atoms with van der Waals surface area (Å²) in [6.07, 6.45) is 0. The minimum absolute atomic E-state index is 0.472. The third kappa shape index (κ3) is 2.61. The van der Waals surface area contributed by atoms with Gasteiger partial charge in [-0.2, -0.15) is 0 Å². The van der Waals surface area contributed by atoms with Crippen LogP contribution in [0.2, 0.25) is 5.02 Å². The number of benzene rings is 1. The van der Waals surface area contributed by atoms with Crippen LogP contribution in [0.1, 0.15) is 5.56 Å². The number of nitrogens with one attached hydrogen (secondary N) is 2. The first-order chi connectivity index (χ1) is 6.13. The van der Waals surface area contributed by atoms with Crippen LogP contribution in [-0.2, 0) is 0 Å². The molecule has 0 aliphatic carbocycles. The van der Waals surface area contributed by atoms with Gasteiger partial charge < -0.3 is 5.32 Å². The van der Waals surface area contributed by atoms with Gasteiger partial charge in [0.1, 0.15) is 0 Å². The van der Waals surface area contributed by atoms with E-state index >= 15 is 0 Å². The summed E-state index contributed by atoms with van der Waals surface area (Å²) in [5.41, 5.74) is 3.52. The molecule has 0 radical (unpaired) electrons. The summed E-state index contributed by atoms with van der Waals surface area (Å²) < 4.78 is 0. The SMILES string of the molecule is Cc1ccc(NC(=O)NN)cc1Cl. The highest BCUT2D eigenvalue weighted by Gasteiger charge is 2.00. The molecule has 0 aliphatic rings. The summed E-state index contributed by atoms with van der Waals surface area (Å²) in [5.74, 6) is 4.89. The molecule has 0 fully saturated rings. The topological polar surface area (TPSA) is 67.2 Å². The largest absolute Gasteiger partial charge is 0.333 e. The van der Waals surface area contributed by atoms with Gasteiger partial charge in [0.25, 0.3) is 0 Å². The van der Waals surface area contributed by atoms with E-state index in [0.717, 1.165) is 5.56 Å². The number of aryl methyl sites for hydroxylation is 1. The number of anilines is 1. The summed E-state index contributed by atoms with van der Waals surface area (Å²) in [7, 11) is 0. The van der Waals surface area contributed by atoms with Crippen molar-refractivity contribution in [2.24, 2.45) is 5.84 Å². The van der Waals surface area contributed by atoms with Crippen molar-refractivity contribution in [1.82, 2.24) is 5.43 Å². The molecule has 4 N–H and O–H groups in total. The monoisotopic (exact) mass is 199 g/mol. The minimum Gasteiger partial charge on any atom is -0.307 e. The molecule has 0 bridgehead atoms. The Morgan fingerprint density at radius 1 is 1.54 bits per heavy atom. The van der Waals surface area contributed by atoms with E-state index in [-0.39, 0.29) is 0 Å². The third-order valence-electron chi connectivity index (χ3n) is 1.56. The standard InChI is InChI=1S/C8H10ClN3O/c1-5-2-3-6(4-7(5)9)11-8(13)12-10/h2-4H,10H2,1H3,(H2,11,12,13). The predicted octanol–water partition coefficient (Wildman–Crippen LogP) is 1.64. The molecule has 0 aliphatic heterocycles. The fourth-order valence-electron chi connectivity index (χ4n) is 0.838. The number of amides is 2. The molecule has 70 valence electrons. The van der Waals surface area contributed by atoms with Crippen LogP contribution in [0.4, 0.5) is 10.5 Å². The Labute approximate surface area is 81.0 Å². The molecule has 1 aromatic rings. The smallest absolute Gasteiger partial charge is 0.307 e. The molecule has 4 nitrogen and oxygen atoms in total. The molecule has 0 unspecified atom stereocenters. The van der Waals surface area contributed by atoms with Crippen LogP contribution < -0.4 is 16.6 Å². The lowest BCUT2D eigenvalue weighted by atomic mass is 10.2. The van der Waals surface area contributed by atoms with Gasteiger partial charge in [0.05, 0.1) is 0 Å². The van der Waals surface area contributed by atoms with E-state index in [1.807, 2.05) is 18.4 Å². The number of rotatable bonds is 1. The number of hydrogen-bond acceptors (Lipinski definition) is 2. The van der Waals surface area contributed by atoms with Gasteiger partial charge in [-0.15, -0.1) is 0 Å². The van der Waals surface area contributed by atoms with Crippen molar-refractivity contribution >= 4 is 23.3 Å². The number of hydrogen-bond donors (Lipinski definition) is 3. The molecule has 1 rings (SSSR count).